The molecule has 5 aromatic rings. The van der Waals surface area contributed by atoms with Gasteiger partial charge in [-0.2, -0.15) is 13.2 Å². The summed E-state index contributed by atoms with van der Waals surface area (Å²) in [5.41, 5.74) is 3.31. The topological polar surface area (TPSA) is 116 Å². The Morgan fingerprint density at radius 2 is 1.64 bits per heavy atom. The number of amides is 1. The van der Waals surface area contributed by atoms with Gasteiger partial charge in [0.05, 0.1) is 28.6 Å². The molecule has 5 rings (SSSR count). The minimum absolute atomic E-state index is 0.00657. The van der Waals surface area contributed by atoms with E-state index in [2.05, 4.69) is 9.97 Å². The number of hydrogen-bond acceptors (Lipinski definition) is 5. The van der Waals surface area contributed by atoms with Crippen molar-refractivity contribution in [2.24, 2.45) is 0 Å². The Morgan fingerprint density at radius 1 is 0.933 bits per heavy atom. The zero-order valence-corrected chi connectivity index (χ0v) is 25.0. The van der Waals surface area contributed by atoms with Crippen LogP contribution in [0.25, 0.3) is 22.2 Å². The first-order chi connectivity index (χ1) is 21.1. The van der Waals surface area contributed by atoms with Crippen LogP contribution in [0.5, 0.6) is 0 Å². The van der Waals surface area contributed by atoms with Crippen LogP contribution in [0.2, 0.25) is 0 Å². The van der Waals surface area contributed by atoms with E-state index in [1.807, 2.05) is 24.3 Å². The van der Waals surface area contributed by atoms with E-state index in [9.17, 15) is 32.7 Å². The number of pyridine rings is 2. The molecule has 0 unspecified atom stereocenters. The summed E-state index contributed by atoms with van der Waals surface area (Å²) in [4.78, 5) is 46.7. The summed E-state index contributed by atoms with van der Waals surface area (Å²) >= 11 is 0. The third-order valence-corrected chi connectivity index (χ3v) is 7.92. The molecule has 0 bridgehead atoms. The Morgan fingerprint density at radius 3 is 2.29 bits per heavy atom. The minimum Gasteiger partial charge on any atom is -0.481 e. The summed E-state index contributed by atoms with van der Waals surface area (Å²) in [5, 5.41) is 9.64. The number of aryl methyl sites for hydroxylation is 1. The van der Waals surface area contributed by atoms with Crippen molar-refractivity contribution < 1.29 is 32.3 Å². The van der Waals surface area contributed by atoms with E-state index in [1.54, 1.807) is 52.0 Å². The first kappa shape index (κ1) is 31.2. The van der Waals surface area contributed by atoms with Gasteiger partial charge in [0.2, 0.25) is 11.3 Å². The van der Waals surface area contributed by atoms with Gasteiger partial charge in [-0.25, -0.2) is 0 Å². The fourth-order valence-electron chi connectivity index (χ4n) is 5.05. The number of halogens is 3. The molecule has 2 aromatic carbocycles. The van der Waals surface area contributed by atoms with E-state index in [0.717, 1.165) is 17.2 Å². The number of carbonyl (C=O) groups excluding carboxylic acids is 1. The molecule has 0 aliphatic heterocycles. The highest BCUT2D eigenvalue weighted by Crippen LogP contribution is 2.32. The monoisotopic (exact) mass is 617 g/mol. The second-order valence-electron chi connectivity index (χ2n) is 11.4. The average molecular weight is 618 g/mol. The van der Waals surface area contributed by atoms with E-state index < -0.39 is 34.8 Å². The van der Waals surface area contributed by atoms with E-state index in [0.29, 0.717) is 27.9 Å². The number of nitrogens with zero attached hydrogens (tertiary/aromatic N) is 2. The first-order valence-corrected chi connectivity index (χ1v) is 14.0. The van der Waals surface area contributed by atoms with E-state index in [4.69, 9.17) is 4.42 Å². The number of carbonyl (C=O) groups is 2. The van der Waals surface area contributed by atoms with Gasteiger partial charge in [-0.1, -0.05) is 48.5 Å². The maximum atomic E-state index is 14.2. The Kier molecular flexibility index (Phi) is 8.14. The number of benzene rings is 2. The molecule has 0 saturated carbocycles. The first-order valence-electron chi connectivity index (χ1n) is 14.0. The van der Waals surface area contributed by atoms with Gasteiger partial charge in [-0.3, -0.25) is 19.4 Å². The van der Waals surface area contributed by atoms with Gasteiger partial charge in [-0.05, 0) is 73.7 Å². The smallest absolute Gasteiger partial charge is 0.449 e. The number of aromatic amines is 1. The molecule has 2 N–H and O–H groups in total. The molecule has 0 aliphatic carbocycles. The predicted octanol–water partition coefficient (Wildman–Crippen LogP) is 7.02. The molecule has 0 fully saturated rings. The molecule has 1 amide bonds. The van der Waals surface area contributed by atoms with Gasteiger partial charge in [0, 0.05) is 18.3 Å². The van der Waals surface area contributed by atoms with Crippen molar-refractivity contribution in [1.82, 2.24) is 14.9 Å². The van der Waals surface area contributed by atoms with Gasteiger partial charge in [0.25, 0.3) is 5.91 Å². The van der Waals surface area contributed by atoms with Crippen LogP contribution in [-0.2, 0) is 29.5 Å². The number of H-pyrrole nitrogens is 1. The number of fused-ring (bicyclic) bond motifs is 1. The van der Waals surface area contributed by atoms with Crippen molar-refractivity contribution >= 4 is 22.9 Å². The van der Waals surface area contributed by atoms with Crippen molar-refractivity contribution in [1.29, 1.82) is 0 Å². The second-order valence-corrected chi connectivity index (χ2v) is 11.4. The van der Waals surface area contributed by atoms with E-state index >= 15 is 0 Å². The lowest BCUT2D eigenvalue weighted by Gasteiger charge is -2.24. The number of carboxylic acids is 1. The summed E-state index contributed by atoms with van der Waals surface area (Å²) in [6.45, 7) is 6.42. The summed E-state index contributed by atoms with van der Waals surface area (Å²) in [5.74, 6) is -2.71. The van der Waals surface area contributed by atoms with Crippen LogP contribution in [0.1, 0.15) is 58.1 Å². The largest absolute Gasteiger partial charge is 0.481 e. The van der Waals surface area contributed by atoms with Crippen molar-refractivity contribution in [3.63, 3.8) is 0 Å². The number of hydrogen-bond donors (Lipinski definition) is 2. The zero-order chi connectivity index (χ0) is 32.7. The fraction of sp³-hybridized carbons (Fsp3) is 0.235. The molecule has 0 spiro atoms. The Hall–Kier alpha value is -5.19. The summed E-state index contributed by atoms with van der Waals surface area (Å²) in [6.07, 6.45) is -4.69. The molecule has 3 heterocycles. The molecule has 45 heavy (non-hydrogen) atoms. The van der Waals surface area contributed by atoms with Crippen LogP contribution in [0.3, 0.4) is 0 Å². The number of furan rings is 1. The Bertz CT molecular complexity index is 1970. The van der Waals surface area contributed by atoms with Crippen LogP contribution in [0, 0.1) is 13.8 Å². The minimum atomic E-state index is -4.69. The number of alkyl halides is 3. The predicted molar refractivity (Wildman–Crippen MR) is 162 cm³/mol. The molecule has 11 heteroatoms. The number of aliphatic carboxylic acids is 1. The molecule has 3 aromatic heterocycles. The van der Waals surface area contributed by atoms with Crippen molar-refractivity contribution in [3.05, 3.63) is 123 Å². The summed E-state index contributed by atoms with van der Waals surface area (Å²) < 4.78 is 44.9. The average Bonchev–Trinajstić information content (AvgIpc) is 3.47. The highest BCUT2D eigenvalue weighted by Gasteiger charge is 2.35. The Labute approximate surface area is 256 Å². The molecule has 0 atom stereocenters. The lowest BCUT2D eigenvalue weighted by atomic mass is 9.83. The third kappa shape index (κ3) is 6.38. The van der Waals surface area contributed by atoms with E-state index in [-0.39, 0.29) is 29.9 Å². The van der Waals surface area contributed by atoms with Crippen molar-refractivity contribution in [3.8, 4) is 11.1 Å². The molecule has 0 saturated heterocycles. The standard InChI is InChI=1S/C34H30F3N3O5/c1-19-20(2)38-26-13-15-28(41)39-30(26)29(19)31(42)40(18-25-12-14-27(45-25)34(35,36)37)17-21-8-10-22(11-9-21)23-6-5-7-24(16-23)33(3,4)32(43)44/h5-16H,17-18H2,1-4H3,(H,39,41)(H,43,44). The van der Waals surface area contributed by atoms with Crippen LogP contribution in [0.4, 0.5) is 13.2 Å². The maximum Gasteiger partial charge on any atom is 0.449 e. The molecular formula is C34H30F3N3O5. The number of rotatable bonds is 8. The number of aromatic nitrogens is 2. The second kappa shape index (κ2) is 11.7. The van der Waals surface area contributed by atoms with Gasteiger partial charge < -0.3 is 19.4 Å². The molecule has 8 nitrogen and oxygen atoms in total. The highest BCUT2D eigenvalue weighted by molar-refractivity contribution is 6.06. The SMILES string of the molecule is Cc1nc2ccc(=O)[nH]c2c(C(=O)N(Cc2ccc(-c3cccc(C(C)(C)C(=O)O)c3)cc2)Cc2ccc(C(F)(F)F)o2)c1C. The van der Waals surface area contributed by atoms with E-state index in [1.165, 1.54) is 23.1 Å². The van der Waals surface area contributed by atoms with Crippen LogP contribution >= 0.6 is 0 Å². The Balaban J connectivity index is 1.52. The van der Waals surface area contributed by atoms with Crippen molar-refractivity contribution in [2.75, 3.05) is 0 Å². The lowest BCUT2D eigenvalue weighted by molar-refractivity contribution is -0.153. The summed E-state index contributed by atoms with van der Waals surface area (Å²) in [7, 11) is 0. The quantitative estimate of drug-likeness (QED) is 0.193. The van der Waals surface area contributed by atoms with Gasteiger partial charge in [0.1, 0.15) is 5.76 Å². The highest BCUT2D eigenvalue weighted by atomic mass is 19.4. The molecule has 0 aliphatic rings. The zero-order valence-electron chi connectivity index (χ0n) is 25.0. The normalized spacial score (nSPS) is 12.0. The third-order valence-electron chi connectivity index (χ3n) is 7.92. The molecule has 0 radical (unpaired) electrons. The summed E-state index contributed by atoms with van der Waals surface area (Å²) in [6, 6.07) is 19.3. The van der Waals surface area contributed by atoms with Crippen LogP contribution in [-0.4, -0.2) is 31.9 Å². The number of carboxylic acid groups (broad SMARTS) is 1. The van der Waals surface area contributed by atoms with Crippen LogP contribution in [0.15, 0.2) is 82.0 Å². The molecular weight excluding hydrogens is 587 g/mol. The van der Waals surface area contributed by atoms with Crippen LogP contribution < -0.4 is 5.56 Å². The fourth-order valence-corrected chi connectivity index (χ4v) is 5.05. The lowest BCUT2D eigenvalue weighted by Crippen LogP contribution is -2.31. The van der Waals surface area contributed by atoms with Gasteiger partial charge in [-0.15, -0.1) is 0 Å². The maximum absolute atomic E-state index is 14.2. The number of nitrogens with one attached hydrogen (secondary N) is 1. The van der Waals surface area contributed by atoms with Gasteiger partial charge in [0.15, 0.2) is 0 Å². The van der Waals surface area contributed by atoms with Crippen molar-refractivity contribution in [2.45, 2.75) is 52.4 Å². The molecule has 232 valence electrons. The van der Waals surface area contributed by atoms with Gasteiger partial charge >= 0.3 is 12.1 Å².